The van der Waals surface area contributed by atoms with Gasteiger partial charge in [-0.25, -0.2) is 0 Å². The fourth-order valence-corrected chi connectivity index (χ4v) is 1.82. The standard InChI is InChI=1S/C16H27NO2/c1-4-18-15-10-6-7-11-16(15)19-13-9-5-8-12-17-14(2)3/h6-7,10-11,14,17H,4-5,8-9,12-13H2,1-3H3. The minimum Gasteiger partial charge on any atom is -0.490 e. The van der Waals surface area contributed by atoms with Gasteiger partial charge in [0.05, 0.1) is 13.2 Å². The third-order valence-electron chi connectivity index (χ3n) is 2.78. The van der Waals surface area contributed by atoms with Gasteiger partial charge in [0.2, 0.25) is 0 Å². The van der Waals surface area contributed by atoms with Gasteiger partial charge >= 0.3 is 0 Å². The van der Waals surface area contributed by atoms with E-state index in [1.54, 1.807) is 0 Å². The summed E-state index contributed by atoms with van der Waals surface area (Å²) in [5.41, 5.74) is 0. The number of hydrogen-bond donors (Lipinski definition) is 1. The first kappa shape index (κ1) is 15.8. The van der Waals surface area contributed by atoms with Crippen LogP contribution < -0.4 is 14.8 Å². The highest BCUT2D eigenvalue weighted by Gasteiger charge is 2.02. The SMILES string of the molecule is CCOc1ccccc1OCCCCCNC(C)C. The van der Waals surface area contributed by atoms with Crippen molar-refractivity contribution in [2.75, 3.05) is 19.8 Å². The largest absolute Gasteiger partial charge is 0.490 e. The lowest BCUT2D eigenvalue weighted by molar-refractivity contribution is 0.270. The summed E-state index contributed by atoms with van der Waals surface area (Å²) in [7, 11) is 0. The molecule has 0 amide bonds. The van der Waals surface area contributed by atoms with E-state index in [1.165, 1.54) is 12.8 Å². The fourth-order valence-electron chi connectivity index (χ4n) is 1.82. The van der Waals surface area contributed by atoms with Gasteiger partial charge in [0.15, 0.2) is 11.5 Å². The molecule has 3 heteroatoms. The van der Waals surface area contributed by atoms with E-state index in [0.29, 0.717) is 12.6 Å². The number of rotatable bonds is 10. The molecule has 3 nitrogen and oxygen atoms in total. The maximum Gasteiger partial charge on any atom is 0.161 e. The van der Waals surface area contributed by atoms with E-state index >= 15 is 0 Å². The lowest BCUT2D eigenvalue weighted by Gasteiger charge is -2.11. The maximum atomic E-state index is 5.77. The molecule has 1 rings (SSSR count). The Hall–Kier alpha value is -1.22. The number of para-hydroxylation sites is 2. The van der Waals surface area contributed by atoms with Gasteiger partial charge in [0.25, 0.3) is 0 Å². The highest BCUT2D eigenvalue weighted by Crippen LogP contribution is 2.26. The van der Waals surface area contributed by atoms with Gasteiger partial charge in [-0.3, -0.25) is 0 Å². The summed E-state index contributed by atoms with van der Waals surface area (Å²) < 4.78 is 11.3. The van der Waals surface area contributed by atoms with Gasteiger partial charge in [0.1, 0.15) is 0 Å². The first-order valence-electron chi connectivity index (χ1n) is 7.32. The van der Waals surface area contributed by atoms with E-state index < -0.39 is 0 Å². The summed E-state index contributed by atoms with van der Waals surface area (Å²) in [5.74, 6) is 1.69. The highest BCUT2D eigenvalue weighted by molar-refractivity contribution is 5.39. The smallest absolute Gasteiger partial charge is 0.161 e. The Morgan fingerprint density at radius 3 is 2.32 bits per heavy atom. The number of nitrogens with one attached hydrogen (secondary N) is 1. The van der Waals surface area contributed by atoms with Crippen LogP contribution >= 0.6 is 0 Å². The van der Waals surface area contributed by atoms with Gasteiger partial charge in [0, 0.05) is 6.04 Å². The second-order valence-corrected chi connectivity index (χ2v) is 4.90. The van der Waals surface area contributed by atoms with Crippen molar-refractivity contribution in [1.82, 2.24) is 5.32 Å². The summed E-state index contributed by atoms with van der Waals surface area (Å²) in [4.78, 5) is 0. The predicted octanol–water partition coefficient (Wildman–Crippen LogP) is 3.63. The lowest BCUT2D eigenvalue weighted by Crippen LogP contribution is -2.23. The molecule has 0 atom stereocenters. The summed E-state index contributed by atoms with van der Waals surface area (Å²) in [5, 5.41) is 3.42. The molecule has 0 radical (unpaired) electrons. The third-order valence-corrected chi connectivity index (χ3v) is 2.78. The van der Waals surface area contributed by atoms with Gasteiger partial charge in [-0.15, -0.1) is 0 Å². The number of unbranched alkanes of at least 4 members (excludes halogenated alkanes) is 2. The number of ether oxygens (including phenoxy) is 2. The molecule has 0 bridgehead atoms. The van der Waals surface area contributed by atoms with Crippen LogP contribution in [-0.4, -0.2) is 25.8 Å². The highest BCUT2D eigenvalue weighted by atomic mass is 16.5. The molecule has 1 N–H and O–H groups in total. The topological polar surface area (TPSA) is 30.5 Å². The Kier molecular flexibility index (Phi) is 8.07. The van der Waals surface area contributed by atoms with E-state index in [2.05, 4.69) is 19.2 Å². The average Bonchev–Trinajstić information content (AvgIpc) is 2.39. The second kappa shape index (κ2) is 9.68. The first-order chi connectivity index (χ1) is 9.24. The molecule has 19 heavy (non-hydrogen) atoms. The zero-order valence-electron chi connectivity index (χ0n) is 12.4. The fraction of sp³-hybridized carbons (Fsp3) is 0.625. The van der Waals surface area contributed by atoms with E-state index in [0.717, 1.165) is 31.1 Å². The van der Waals surface area contributed by atoms with E-state index in [1.807, 2.05) is 31.2 Å². The Morgan fingerprint density at radius 2 is 1.68 bits per heavy atom. The normalized spacial score (nSPS) is 10.7. The monoisotopic (exact) mass is 265 g/mol. The molecule has 0 saturated carbocycles. The zero-order valence-corrected chi connectivity index (χ0v) is 12.4. The van der Waals surface area contributed by atoms with Crippen LogP contribution in [0.1, 0.15) is 40.0 Å². The summed E-state index contributed by atoms with van der Waals surface area (Å²) in [6.07, 6.45) is 3.48. The van der Waals surface area contributed by atoms with Crippen molar-refractivity contribution in [2.45, 2.75) is 46.1 Å². The van der Waals surface area contributed by atoms with E-state index in [9.17, 15) is 0 Å². The molecule has 0 spiro atoms. The number of hydrogen-bond acceptors (Lipinski definition) is 3. The van der Waals surface area contributed by atoms with Crippen molar-refractivity contribution in [3.05, 3.63) is 24.3 Å². The van der Waals surface area contributed by atoms with Crippen LogP contribution in [0.4, 0.5) is 0 Å². The summed E-state index contributed by atoms with van der Waals surface area (Å²) >= 11 is 0. The van der Waals surface area contributed by atoms with Crippen LogP contribution in [0.3, 0.4) is 0 Å². The van der Waals surface area contributed by atoms with E-state index in [4.69, 9.17) is 9.47 Å². The second-order valence-electron chi connectivity index (χ2n) is 4.90. The van der Waals surface area contributed by atoms with Crippen molar-refractivity contribution in [1.29, 1.82) is 0 Å². The summed E-state index contributed by atoms with van der Waals surface area (Å²) in [6, 6.07) is 8.44. The van der Waals surface area contributed by atoms with Gasteiger partial charge < -0.3 is 14.8 Å². The molecule has 1 aromatic carbocycles. The molecule has 0 aromatic heterocycles. The molecule has 108 valence electrons. The van der Waals surface area contributed by atoms with Crippen LogP contribution in [0.5, 0.6) is 11.5 Å². The molecular formula is C16H27NO2. The Morgan fingerprint density at radius 1 is 1.00 bits per heavy atom. The minimum absolute atomic E-state index is 0.578. The molecule has 0 aliphatic rings. The Bertz CT molecular complexity index is 339. The van der Waals surface area contributed by atoms with Gasteiger partial charge in [-0.05, 0) is 44.9 Å². The molecule has 0 aliphatic heterocycles. The quantitative estimate of drug-likeness (QED) is 0.655. The van der Waals surface area contributed by atoms with Crippen molar-refractivity contribution in [2.24, 2.45) is 0 Å². The average molecular weight is 265 g/mol. The molecule has 0 fully saturated rings. The van der Waals surface area contributed by atoms with Crippen LogP contribution in [-0.2, 0) is 0 Å². The van der Waals surface area contributed by atoms with Crippen LogP contribution in [0.2, 0.25) is 0 Å². The number of benzene rings is 1. The third kappa shape index (κ3) is 7.06. The maximum absolute atomic E-state index is 5.77. The van der Waals surface area contributed by atoms with Crippen molar-refractivity contribution in [3.8, 4) is 11.5 Å². The van der Waals surface area contributed by atoms with E-state index in [-0.39, 0.29) is 0 Å². The minimum atomic E-state index is 0.578. The molecule has 0 saturated heterocycles. The van der Waals surface area contributed by atoms with Crippen molar-refractivity contribution < 1.29 is 9.47 Å². The lowest BCUT2D eigenvalue weighted by atomic mass is 10.2. The summed E-state index contributed by atoms with van der Waals surface area (Å²) in [6.45, 7) is 8.85. The zero-order chi connectivity index (χ0) is 13.9. The molecular weight excluding hydrogens is 238 g/mol. The van der Waals surface area contributed by atoms with Crippen LogP contribution in [0.25, 0.3) is 0 Å². The van der Waals surface area contributed by atoms with Crippen molar-refractivity contribution in [3.63, 3.8) is 0 Å². The molecule has 0 unspecified atom stereocenters. The molecule has 0 heterocycles. The first-order valence-corrected chi connectivity index (χ1v) is 7.32. The Balaban J connectivity index is 2.15. The van der Waals surface area contributed by atoms with Crippen LogP contribution in [0.15, 0.2) is 24.3 Å². The van der Waals surface area contributed by atoms with Crippen LogP contribution in [0, 0.1) is 0 Å². The van der Waals surface area contributed by atoms with Gasteiger partial charge in [-0.2, -0.15) is 0 Å². The Labute approximate surface area is 117 Å². The molecule has 1 aromatic rings. The van der Waals surface area contributed by atoms with Gasteiger partial charge in [-0.1, -0.05) is 26.0 Å². The predicted molar refractivity (Wildman–Crippen MR) is 80.1 cm³/mol. The molecule has 0 aliphatic carbocycles. The van der Waals surface area contributed by atoms with Crippen molar-refractivity contribution >= 4 is 0 Å².